The molecule has 0 aromatic heterocycles. The minimum absolute atomic E-state index is 0.00715. The Balaban J connectivity index is 2.68. The van der Waals surface area contributed by atoms with Crippen molar-refractivity contribution in [2.24, 2.45) is 0 Å². The molecule has 0 aromatic rings. The zero-order chi connectivity index (χ0) is 9.35. The zero-order valence-electron chi connectivity index (χ0n) is 7.16. The second-order valence-corrected chi connectivity index (χ2v) is 6.23. The van der Waals surface area contributed by atoms with Crippen molar-refractivity contribution >= 4 is 19.7 Å². The minimum Gasteiger partial charge on any atom is -0.375 e. The Labute approximate surface area is 77.5 Å². The molecule has 0 radical (unpaired) electrons. The molecule has 0 aliphatic carbocycles. The fraction of sp³-hybridized carbons (Fsp3) is 1.00. The number of ether oxygens (including phenoxy) is 1. The molecule has 1 aliphatic rings. The third-order valence-corrected chi connectivity index (χ3v) is 3.99. The van der Waals surface area contributed by atoms with Gasteiger partial charge in [-0.15, -0.1) is 0 Å². The Hall–Kier alpha value is 0.200. The van der Waals surface area contributed by atoms with Crippen molar-refractivity contribution in [2.45, 2.75) is 44.1 Å². The van der Waals surface area contributed by atoms with Crippen LogP contribution in [-0.2, 0) is 13.8 Å². The predicted octanol–water partition coefficient (Wildman–Crippen LogP) is 1.51. The van der Waals surface area contributed by atoms with Crippen LogP contribution in [0.15, 0.2) is 0 Å². The Morgan fingerprint density at radius 3 is 2.00 bits per heavy atom. The van der Waals surface area contributed by atoms with Gasteiger partial charge < -0.3 is 4.74 Å². The average molecular weight is 213 g/mol. The highest BCUT2D eigenvalue weighted by molar-refractivity contribution is 8.14. The van der Waals surface area contributed by atoms with Gasteiger partial charge in [0.15, 0.2) is 0 Å². The van der Waals surface area contributed by atoms with Crippen LogP contribution in [0.3, 0.4) is 0 Å². The van der Waals surface area contributed by atoms with Crippen LogP contribution in [0.25, 0.3) is 0 Å². The molecule has 1 aliphatic heterocycles. The topological polar surface area (TPSA) is 43.4 Å². The van der Waals surface area contributed by atoms with Crippen molar-refractivity contribution in [3.8, 4) is 0 Å². The first-order chi connectivity index (χ1) is 5.39. The van der Waals surface area contributed by atoms with Crippen LogP contribution >= 0.6 is 10.7 Å². The zero-order valence-corrected chi connectivity index (χ0v) is 8.73. The van der Waals surface area contributed by atoms with E-state index in [1.165, 1.54) is 0 Å². The van der Waals surface area contributed by atoms with Gasteiger partial charge in [-0.1, -0.05) is 0 Å². The standard InChI is InChI=1S/C7H13ClO3S/c1-5-3-7(12(8,9)10)4-6(2)11-5/h5-7H,3-4H2,1-2H3. The van der Waals surface area contributed by atoms with E-state index in [-0.39, 0.29) is 12.2 Å². The fourth-order valence-corrected chi connectivity index (χ4v) is 3.01. The lowest BCUT2D eigenvalue weighted by Crippen LogP contribution is -2.35. The van der Waals surface area contributed by atoms with Gasteiger partial charge in [0.05, 0.1) is 17.5 Å². The van der Waals surface area contributed by atoms with E-state index in [9.17, 15) is 8.42 Å². The van der Waals surface area contributed by atoms with Crippen LogP contribution in [0.2, 0.25) is 0 Å². The third kappa shape index (κ3) is 2.61. The molecule has 3 nitrogen and oxygen atoms in total. The Kier molecular flexibility index (Phi) is 3.01. The molecule has 0 spiro atoms. The summed E-state index contributed by atoms with van der Waals surface area (Å²) in [6.07, 6.45) is 1.01. The summed E-state index contributed by atoms with van der Waals surface area (Å²) in [5.74, 6) is 0. The van der Waals surface area contributed by atoms with Crippen LogP contribution in [0.1, 0.15) is 26.7 Å². The third-order valence-electron chi connectivity index (χ3n) is 2.05. The highest BCUT2D eigenvalue weighted by Gasteiger charge is 2.32. The molecule has 1 saturated heterocycles. The summed E-state index contributed by atoms with van der Waals surface area (Å²) < 4.78 is 27.4. The molecule has 72 valence electrons. The monoisotopic (exact) mass is 212 g/mol. The number of hydrogen-bond acceptors (Lipinski definition) is 3. The molecule has 1 fully saturated rings. The van der Waals surface area contributed by atoms with Gasteiger partial charge in [-0.25, -0.2) is 8.42 Å². The van der Waals surface area contributed by atoms with Crippen LogP contribution in [0.4, 0.5) is 0 Å². The lowest BCUT2D eigenvalue weighted by atomic mass is 10.1. The first-order valence-electron chi connectivity index (χ1n) is 3.98. The fourth-order valence-electron chi connectivity index (χ4n) is 1.57. The maximum atomic E-state index is 11.0. The molecule has 1 heterocycles. The summed E-state index contributed by atoms with van der Waals surface area (Å²) in [5, 5.41) is -0.432. The molecule has 0 amide bonds. The first kappa shape index (κ1) is 10.3. The molecule has 1 rings (SSSR count). The molecular weight excluding hydrogens is 200 g/mol. The van der Waals surface area contributed by atoms with Gasteiger partial charge in [0.25, 0.3) is 0 Å². The van der Waals surface area contributed by atoms with Crippen molar-refractivity contribution < 1.29 is 13.2 Å². The second-order valence-electron chi connectivity index (χ2n) is 3.33. The summed E-state index contributed by atoms with van der Waals surface area (Å²) in [6, 6.07) is 0. The van der Waals surface area contributed by atoms with Gasteiger partial charge in [-0.05, 0) is 26.7 Å². The van der Waals surface area contributed by atoms with Gasteiger partial charge in [0, 0.05) is 10.7 Å². The number of halogens is 1. The summed E-state index contributed by atoms with van der Waals surface area (Å²) in [6.45, 7) is 3.73. The molecule has 2 atom stereocenters. The summed E-state index contributed by atoms with van der Waals surface area (Å²) in [5.41, 5.74) is 0. The van der Waals surface area contributed by atoms with Gasteiger partial charge >= 0.3 is 0 Å². The van der Waals surface area contributed by atoms with Crippen molar-refractivity contribution in [1.82, 2.24) is 0 Å². The first-order valence-corrected chi connectivity index (χ1v) is 6.35. The smallest absolute Gasteiger partial charge is 0.235 e. The molecule has 0 saturated carbocycles. The van der Waals surface area contributed by atoms with Crippen LogP contribution in [-0.4, -0.2) is 25.9 Å². The predicted molar refractivity (Wildman–Crippen MR) is 47.8 cm³/mol. The van der Waals surface area contributed by atoms with E-state index in [0.717, 1.165) is 0 Å². The van der Waals surface area contributed by atoms with E-state index in [2.05, 4.69) is 0 Å². The van der Waals surface area contributed by atoms with E-state index in [0.29, 0.717) is 12.8 Å². The average Bonchev–Trinajstić information content (AvgIpc) is 1.82. The van der Waals surface area contributed by atoms with E-state index >= 15 is 0 Å². The van der Waals surface area contributed by atoms with E-state index in [4.69, 9.17) is 15.4 Å². The van der Waals surface area contributed by atoms with Crippen molar-refractivity contribution in [3.63, 3.8) is 0 Å². The van der Waals surface area contributed by atoms with Gasteiger partial charge in [0.2, 0.25) is 9.05 Å². The van der Waals surface area contributed by atoms with Gasteiger partial charge in [-0.2, -0.15) is 0 Å². The van der Waals surface area contributed by atoms with Crippen molar-refractivity contribution in [2.75, 3.05) is 0 Å². The van der Waals surface area contributed by atoms with Gasteiger partial charge in [-0.3, -0.25) is 0 Å². The molecule has 12 heavy (non-hydrogen) atoms. The Bertz CT molecular complexity index is 239. The second kappa shape index (κ2) is 3.52. The molecule has 2 unspecified atom stereocenters. The van der Waals surface area contributed by atoms with Crippen molar-refractivity contribution in [1.29, 1.82) is 0 Å². The molecule has 0 N–H and O–H groups in total. The minimum atomic E-state index is -3.40. The van der Waals surface area contributed by atoms with E-state index in [1.807, 2.05) is 13.8 Å². The maximum absolute atomic E-state index is 11.0. The normalized spacial score (nSPS) is 38.1. The quantitative estimate of drug-likeness (QED) is 0.619. The summed E-state index contributed by atoms with van der Waals surface area (Å²) in [4.78, 5) is 0. The Morgan fingerprint density at radius 2 is 1.67 bits per heavy atom. The summed E-state index contributed by atoms with van der Waals surface area (Å²) in [7, 11) is 1.86. The highest BCUT2D eigenvalue weighted by atomic mass is 35.7. The molecular formula is C7H13ClO3S. The van der Waals surface area contributed by atoms with E-state index < -0.39 is 14.3 Å². The number of hydrogen-bond donors (Lipinski definition) is 0. The van der Waals surface area contributed by atoms with Crippen molar-refractivity contribution in [3.05, 3.63) is 0 Å². The molecule has 0 aromatic carbocycles. The number of rotatable bonds is 1. The van der Waals surface area contributed by atoms with Gasteiger partial charge in [0.1, 0.15) is 0 Å². The largest absolute Gasteiger partial charge is 0.375 e. The van der Waals surface area contributed by atoms with Crippen LogP contribution < -0.4 is 0 Å². The molecule has 0 bridgehead atoms. The van der Waals surface area contributed by atoms with Crippen LogP contribution in [0.5, 0.6) is 0 Å². The summed E-state index contributed by atoms with van der Waals surface area (Å²) >= 11 is 0. The lowest BCUT2D eigenvalue weighted by Gasteiger charge is -2.30. The Morgan fingerprint density at radius 1 is 1.25 bits per heavy atom. The van der Waals surface area contributed by atoms with Crippen LogP contribution in [0, 0.1) is 0 Å². The SMILES string of the molecule is CC1CC(S(=O)(=O)Cl)CC(C)O1. The highest BCUT2D eigenvalue weighted by Crippen LogP contribution is 2.26. The maximum Gasteiger partial charge on any atom is 0.235 e. The lowest BCUT2D eigenvalue weighted by molar-refractivity contribution is -0.0273. The van der Waals surface area contributed by atoms with E-state index in [1.54, 1.807) is 0 Å². The molecule has 5 heteroatoms.